The van der Waals surface area contributed by atoms with E-state index in [1.807, 2.05) is 0 Å². The molecule has 1 rings (SSSR count). The summed E-state index contributed by atoms with van der Waals surface area (Å²) in [5.74, 6) is -4.47. The molecule has 10 heteroatoms. The third-order valence-corrected chi connectivity index (χ3v) is 6.27. The van der Waals surface area contributed by atoms with Crippen LogP contribution in [0.15, 0.2) is 0 Å². The lowest BCUT2D eigenvalue weighted by Gasteiger charge is -2.42. The van der Waals surface area contributed by atoms with Crippen LogP contribution in [0.5, 0.6) is 0 Å². The van der Waals surface area contributed by atoms with Crippen LogP contribution in [0, 0.1) is 0 Å². The molecule has 1 aliphatic heterocycles. The van der Waals surface area contributed by atoms with Gasteiger partial charge in [-0.25, -0.2) is 4.79 Å². The topological polar surface area (TPSA) is 153 Å². The molecule has 1 fully saturated rings. The van der Waals surface area contributed by atoms with Crippen LogP contribution in [-0.4, -0.2) is 80.0 Å². The van der Waals surface area contributed by atoms with E-state index in [2.05, 4.69) is 6.92 Å². The monoisotopic (exact) mass is 484 g/mol. The van der Waals surface area contributed by atoms with E-state index in [9.17, 15) is 29.1 Å². The van der Waals surface area contributed by atoms with Crippen LogP contribution in [-0.2, 0) is 24.0 Å². The van der Waals surface area contributed by atoms with Crippen molar-refractivity contribution in [3.63, 3.8) is 0 Å². The Kier molecular flexibility index (Phi) is 13.9. The molecule has 0 radical (unpaired) electrons. The molecule has 0 aromatic rings. The normalized spacial score (nSPS) is 17.0. The predicted octanol–water partition coefficient (Wildman–Crippen LogP) is 3.13. The van der Waals surface area contributed by atoms with Crippen LogP contribution in [0.1, 0.15) is 96.8 Å². The molecule has 0 saturated carbocycles. The standard InChI is InChI=1S/C24H40N2O8/c1-2-3-4-5-6-7-8-9-10-11-20(27)25-16-17-26(19(24(33)34)13-15-22(30)31)23(32)18(25)12-14-21(28)29/h18-19H,2-17H2,1H3,(H,28,29)(H,30,31)(H,33,34)/t18-,19-/m1/s1. The summed E-state index contributed by atoms with van der Waals surface area (Å²) in [5, 5.41) is 27.5. The van der Waals surface area contributed by atoms with Crippen LogP contribution < -0.4 is 0 Å². The summed E-state index contributed by atoms with van der Waals surface area (Å²) in [6, 6.07) is -2.38. The minimum atomic E-state index is -1.33. The molecule has 0 bridgehead atoms. The first-order valence-electron chi connectivity index (χ1n) is 12.4. The number of carbonyl (C=O) groups is 5. The smallest absolute Gasteiger partial charge is 0.326 e. The molecular weight excluding hydrogens is 444 g/mol. The molecule has 0 unspecified atom stereocenters. The fourth-order valence-corrected chi connectivity index (χ4v) is 4.36. The lowest BCUT2D eigenvalue weighted by molar-refractivity contribution is -0.161. The van der Waals surface area contributed by atoms with Crippen molar-refractivity contribution in [1.82, 2.24) is 9.80 Å². The fraction of sp³-hybridized carbons (Fsp3) is 0.792. The molecule has 3 N–H and O–H groups in total. The highest BCUT2D eigenvalue weighted by molar-refractivity contribution is 5.92. The Morgan fingerprint density at radius 2 is 1.38 bits per heavy atom. The third-order valence-electron chi connectivity index (χ3n) is 6.27. The number of amides is 2. The average molecular weight is 485 g/mol. The maximum Gasteiger partial charge on any atom is 0.326 e. The zero-order valence-corrected chi connectivity index (χ0v) is 20.2. The molecule has 194 valence electrons. The Labute approximate surface area is 201 Å². The molecule has 0 aromatic heterocycles. The van der Waals surface area contributed by atoms with Crippen molar-refractivity contribution in [3.8, 4) is 0 Å². The lowest BCUT2D eigenvalue weighted by Crippen LogP contribution is -2.62. The Hall–Kier alpha value is -2.65. The first-order chi connectivity index (χ1) is 16.2. The number of rotatable bonds is 18. The largest absolute Gasteiger partial charge is 0.481 e. The second-order valence-electron chi connectivity index (χ2n) is 8.93. The van der Waals surface area contributed by atoms with Crippen LogP contribution in [0.2, 0.25) is 0 Å². The van der Waals surface area contributed by atoms with Crippen molar-refractivity contribution in [2.75, 3.05) is 13.1 Å². The van der Waals surface area contributed by atoms with E-state index in [-0.39, 0.29) is 44.7 Å². The quantitative estimate of drug-likeness (QED) is 0.251. The van der Waals surface area contributed by atoms with Gasteiger partial charge in [-0.15, -0.1) is 0 Å². The summed E-state index contributed by atoms with van der Waals surface area (Å²) in [5.41, 5.74) is 0. The number of carboxylic acids is 3. The van der Waals surface area contributed by atoms with E-state index < -0.39 is 42.3 Å². The van der Waals surface area contributed by atoms with Crippen molar-refractivity contribution >= 4 is 29.7 Å². The molecule has 1 heterocycles. The SMILES string of the molecule is CCCCCCCCCCCC(=O)N1CCN([C@H](CCC(=O)O)C(=O)O)C(=O)[C@H]1CCC(=O)O. The van der Waals surface area contributed by atoms with E-state index >= 15 is 0 Å². The number of piperazine rings is 1. The number of unbranched alkanes of at least 4 members (excludes halogenated alkanes) is 8. The number of carbonyl (C=O) groups excluding carboxylic acids is 2. The maximum atomic E-state index is 13.1. The van der Waals surface area contributed by atoms with Gasteiger partial charge in [-0.05, 0) is 19.3 Å². The van der Waals surface area contributed by atoms with Crippen molar-refractivity contribution in [3.05, 3.63) is 0 Å². The van der Waals surface area contributed by atoms with E-state index in [4.69, 9.17) is 10.2 Å². The zero-order chi connectivity index (χ0) is 25.5. The summed E-state index contributed by atoms with van der Waals surface area (Å²) >= 11 is 0. The molecule has 10 nitrogen and oxygen atoms in total. The average Bonchev–Trinajstić information content (AvgIpc) is 2.77. The van der Waals surface area contributed by atoms with Gasteiger partial charge in [-0.2, -0.15) is 0 Å². The molecule has 2 amide bonds. The molecule has 1 aliphatic rings. The Morgan fingerprint density at radius 1 is 0.824 bits per heavy atom. The van der Waals surface area contributed by atoms with Crippen molar-refractivity contribution < 1.29 is 39.3 Å². The van der Waals surface area contributed by atoms with E-state index in [1.54, 1.807) is 0 Å². The molecule has 1 saturated heterocycles. The van der Waals surface area contributed by atoms with Gasteiger partial charge < -0.3 is 25.1 Å². The molecule has 0 aliphatic carbocycles. The van der Waals surface area contributed by atoms with Gasteiger partial charge in [0, 0.05) is 32.4 Å². The maximum absolute atomic E-state index is 13.1. The van der Waals surface area contributed by atoms with Crippen molar-refractivity contribution in [2.24, 2.45) is 0 Å². The molecule has 34 heavy (non-hydrogen) atoms. The second-order valence-corrected chi connectivity index (χ2v) is 8.93. The zero-order valence-electron chi connectivity index (χ0n) is 20.2. The van der Waals surface area contributed by atoms with E-state index in [0.29, 0.717) is 6.42 Å². The van der Waals surface area contributed by atoms with Crippen LogP contribution in [0.3, 0.4) is 0 Å². The second kappa shape index (κ2) is 16.1. The predicted molar refractivity (Wildman–Crippen MR) is 124 cm³/mol. The van der Waals surface area contributed by atoms with Crippen LogP contribution in [0.4, 0.5) is 0 Å². The summed E-state index contributed by atoms with van der Waals surface area (Å²) in [6.45, 7) is 2.26. The first kappa shape index (κ1) is 29.4. The Morgan fingerprint density at radius 3 is 1.91 bits per heavy atom. The third kappa shape index (κ3) is 10.5. The summed E-state index contributed by atoms with van der Waals surface area (Å²) in [7, 11) is 0. The first-order valence-corrected chi connectivity index (χ1v) is 12.4. The molecule has 2 atom stereocenters. The number of nitrogens with zero attached hydrogens (tertiary/aromatic N) is 2. The van der Waals surface area contributed by atoms with E-state index in [0.717, 1.165) is 24.2 Å². The van der Waals surface area contributed by atoms with Gasteiger partial charge in [-0.3, -0.25) is 19.2 Å². The van der Waals surface area contributed by atoms with Gasteiger partial charge in [0.1, 0.15) is 12.1 Å². The van der Waals surface area contributed by atoms with Gasteiger partial charge in [0.15, 0.2) is 0 Å². The molecule has 0 spiro atoms. The number of carboxylic acid groups (broad SMARTS) is 3. The summed E-state index contributed by atoms with van der Waals surface area (Å²) in [6.07, 6.45) is 9.05. The van der Waals surface area contributed by atoms with E-state index in [1.165, 1.54) is 37.0 Å². The summed E-state index contributed by atoms with van der Waals surface area (Å²) < 4.78 is 0. The highest BCUT2D eigenvalue weighted by Gasteiger charge is 2.41. The fourth-order valence-electron chi connectivity index (χ4n) is 4.36. The summed E-state index contributed by atoms with van der Waals surface area (Å²) in [4.78, 5) is 62.1. The van der Waals surface area contributed by atoms with Gasteiger partial charge in [0.25, 0.3) is 0 Å². The van der Waals surface area contributed by atoms with Gasteiger partial charge in [-0.1, -0.05) is 58.3 Å². The Balaban J connectivity index is 2.67. The highest BCUT2D eigenvalue weighted by atomic mass is 16.4. The molecular formula is C24H40N2O8. The Bertz CT molecular complexity index is 696. The van der Waals surface area contributed by atoms with Crippen molar-refractivity contribution in [2.45, 2.75) is 109 Å². The number of hydrogen-bond donors (Lipinski definition) is 3. The van der Waals surface area contributed by atoms with Crippen molar-refractivity contribution in [1.29, 1.82) is 0 Å². The van der Waals surface area contributed by atoms with Crippen LogP contribution >= 0.6 is 0 Å². The van der Waals surface area contributed by atoms with Crippen LogP contribution in [0.25, 0.3) is 0 Å². The number of hydrogen-bond acceptors (Lipinski definition) is 5. The van der Waals surface area contributed by atoms with Gasteiger partial charge in [0.05, 0.1) is 0 Å². The minimum Gasteiger partial charge on any atom is -0.481 e. The highest BCUT2D eigenvalue weighted by Crippen LogP contribution is 2.22. The van der Waals surface area contributed by atoms with Gasteiger partial charge in [0.2, 0.25) is 11.8 Å². The van der Waals surface area contributed by atoms with Gasteiger partial charge >= 0.3 is 17.9 Å². The minimum absolute atomic E-state index is 0.0253. The molecule has 0 aromatic carbocycles. The number of aliphatic carboxylic acids is 3. The lowest BCUT2D eigenvalue weighted by atomic mass is 10.00.